The monoisotopic (exact) mass is 233 g/mol. The van der Waals surface area contributed by atoms with Crippen LogP contribution in [0.2, 0.25) is 4.34 Å². The summed E-state index contributed by atoms with van der Waals surface area (Å²) in [5.74, 6) is 3.12. The van der Waals surface area contributed by atoms with Gasteiger partial charge in [-0.2, -0.15) is 11.8 Å². The average Bonchev–Trinajstić information content (AvgIpc) is 2.72. The fourth-order valence-electron chi connectivity index (χ4n) is 1.58. The molecule has 1 fully saturated rings. The second-order valence-electron chi connectivity index (χ2n) is 3.29. The molecule has 1 saturated heterocycles. The summed E-state index contributed by atoms with van der Waals surface area (Å²) in [5.41, 5.74) is 6.15. The molecule has 0 bridgehead atoms. The van der Waals surface area contributed by atoms with Crippen LogP contribution in [-0.4, -0.2) is 11.5 Å². The van der Waals surface area contributed by atoms with Crippen molar-refractivity contribution in [3.63, 3.8) is 0 Å². The fourth-order valence-corrected chi connectivity index (χ4v) is 4.04. The smallest absolute Gasteiger partial charge is 0.0931 e. The highest BCUT2D eigenvalue weighted by Crippen LogP contribution is 2.36. The Bertz CT molecular complexity index is 281. The molecule has 2 heterocycles. The highest BCUT2D eigenvalue weighted by Gasteiger charge is 2.24. The first kappa shape index (κ1) is 9.84. The molecule has 1 aromatic rings. The zero-order chi connectivity index (χ0) is 9.26. The van der Waals surface area contributed by atoms with E-state index < -0.39 is 0 Å². The Balaban J connectivity index is 2.07. The maximum atomic E-state index is 6.15. The molecule has 0 amide bonds. The quantitative estimate of drug-likeness (QED) is 0.850. The zero-order valence-corrected chi connectivity index (χ0v) is 9.59. The van der Waals surface area contributed by atoms with E-state index in [2.05, 4.69) is 6.07 Å². The van der Waals surface area contributed by atoms with Gasteiger partial charge >= 0.3 is 0 Å². The molecule has 1 aliphatic rings. The third-order valence-electron chi connectivity index (χ3n) is 2.40. The largest absolute Gasteiger partial charge is 0.323 e. The van der Waals surface area contributed by atoms with Crippen LogP contribution in [0.15, 0.2) is 12.1 Å². The lowest BCUT2D eigenvalue weighted by molar-refractivity contribution is 0.488. The van der Waals surface area contributed by atoms with Crippen molar-refractivity contribution in [1.82, 2.24) is 0 Å². The first-order chi connectivity index (χ1) is 6.27. The summed E-state index contributed by atoms with van der Waals surface area (Å²) < 4.78 is 0.844. The highest BCUT2D eigenvalue weighted by molar-refractivity contribution is 7.99. The van der Waals surface area contributed by atoms with Gasteiger partial charge in [0.1, 0.15) is 0 Å². The minimum atomic E-state index is 0.201. The molecule has 0 radical (unpaired) electrons. The Labute approximate surface area is 91.7 Å². The van der Waals surface area contributed by atoms with Crippen molar-refractivity contribution < 1.29 is 0 Å². The molecule has 4 heteroatoms. The van der Waals surface area contributed by atoms with Crippen LogP contribution in [0.3, 0.4) is 0 Å². The molecule has 2 unspecified atom stereocenters. The predicted octanol–water partition coefficient (Wildman–Crippen LogP) is 3.15. The second kappa shape index (κ2) is 4.22. The Morgan fingerprint density at radius 1 is 1.54 bits per heavy atom. The topological polar surface area (TPSA) is 26.0 Å². The van der Waals surface area contributed by atoms with Crippen LogP contribution in [0.4, 0.5) is 0 Å². The van der Waals surface area contributed by atoms with Crippen molar-refractivity contribution in [3.8, 4) is 0 Å². The molecule has 2 rings (SSSR count). The van der Waals surface area contributed by atoms with Gasteiger partial charge < -0.3 is 5.73 Å². The lowest BCUT2D eigenvalue weighted by Crippen LogP contribution is -2.19. The summed E-state index contributed by atoms with van der Waals surface area (Å²) in [7, 11) is 0. The summed E-state index contributed by atoms with van der Waals surface area (Å²) in [5, 5.41) is 0. The molecule has 0 aliphatic carbocycles. The number of rotatable bonds is 2. The van der Waals surface area contributed by atoms with Gasteiger partial charge in [0.05, 0.1) is 4.34 Å². The molecular formula is C9H12ClNS2. The first-order valence-corrected chi connectivity index (χ1v) is 6.71. The summed E-state index contributed by atoms with van der Waals surface area (Å²) in [6.45, 7) is 0. The second-order valence-corrected chi connectivity index (χ2v) is 6.19. The fraction of sp³-hybridized carbons (Fsp3) is 0.556. The van der Waals surface area contributed by atoms with Gasteiger partial charge in [-0.05, 0) is 36.0 Å². The van der Waals surface area contributed by atoms with E-state index in [9.17, 15) is 0 Å². The average molecular weight is 234 g/mol. The van der Waals surface area contributed by atoms with Gasteiger partial charge in [0, 0.05) is 10.9 Å². The van der Waals surface area contributed by atoms with Crippen LogP contribution in [0, 0.1) is 5.92 Å². The van der Waals surface area contributed by atoms with E-state index in [0.29, 0.717) is 5.92 Å². The van der Waals surface area contributed by atoms with Crippen LogP contribution in [0.1, 0.15) is 17.3 Å². The molecule has 13 heavy (non-hydrogen) atoms. The predicted molar refractivity (Wildman–Crippen MR) is 61.7 cm³/mol. The Hall–Kier alpha value is 0.300. The van der Waals surface area contributed by atoms with Crippen molar-refractivity contribution in [2.75, 3.05) is 11.5 Å². The number of thiophene rings is 1. The number of thioether (sulfide) groups is 1. The Kier molecular flexibility index (Phi) is 3.19. The SMILES string of the molecule is NC(c1ccc(Cl)s1)C1CCSC1. The molecule has 1 aliphatic heterocycles. The number of hydrogen-bond donors (Lipinski definition) is 1. The van der Waals surface area contributed by atoms with Crippen LogP contribution in [0.5, 0.6) is 0 Å². The Morgan fingerprint density at radius 3 is 2.92 bits per heavy atom. The molecule has 72 valence electrons. The van der Waals surface area contributed by atoms with E-state index in [1.54, 1.807) is 11.3 Å². The summed E-state index contributed by atoms with van der Waals surface area (Å²) >= 11 is 9.49. The van der Waals surface area contributed by atoms with E-state index in [1.165, 1.54) is 22.8 Å². The highest BCUT2D eigenvalue weighted by atomic mass is 35.5. The normalized spacial score (nSPS) is 24.9. The zero-order valence-electron chi connectivity index (χ0n) is 7.20. The van der Waals surface area contributed by atoms with Gasteiger partial charge in [-0.25, -0.2) is 0 Å². The van der Waals surface area contributed by atoms with E-state index in [-0.39, 0.29) is 6.04 Å². The van der Waals surface area contributed by atoms with E-state index >= 15 is 0 Å². The Morgan fingerprint density at radius 2 is 2.38 bits per heavy atom. The van der Waals surface area contributed by atoms with E-state index in [4.69, 9.17) is 17.3 Å². The molecule has 0 aromatic carbocycles. The van der Waals surface area contributed by atoms with Crippen molar-refractivity contribution in [1.29, 1.82) is 0 Å². The number of hydrogen-bond acceptors (Lipinski definition) is 3. The van der Waals surface area contributed by atoms with E-state index in [1.807, 2.05) is 17.8 Å². The van der Waals surface area contributed by atoms with Crippen molar-refractivity contribution in [3.05, 3.63) is 21.3 Å². The molecule has 0 saturated carbocycles. The maximum absolute atomic E-state index is 6.15. The number of halogens is 1. The lowest BCUT2D eigenvalue weighted by atomic mass is 9.99. The van der Waals surface area contributed by atoms with Gasteiger partial charge in [-0.1, -0.05) is 11.6 Å². The molecule has 0 spiro atoms. The van der Waals surface area contributed by atoms with Crippen LogP contribution < -0.4 is 5.73 Å². The minimum Gasteiger partial charge on any atom is -0.323 e. The van der Waals surface area contributed by atoms with Crippen molar-refractivity contribution in [2.45, 2.75) is 12.5 Å². The van der Waals surface area contributed by atoms with Crippen molar-refractivity contribution >= 4 is 34.7 Å². The van der Waals surface area contributed by atoms with Gasteiger partial charge in [-0.15, -0.1) is 11.3 Å². The van der Waals surface area contributed by atoms with Crippen molar-refractivity contribution in [2.24, 2.45) is 11.7 Å². The lowest BCUT2D eigenvalue weighted by Gasteiger charge is -2.15. The molecule has 1 nitrogen and oxygen atoms in total. The van der Waals surface area contributed by atoms with E-state index in [0.717, 1.165) is 4.34 Å². The molecule has 1 aromatic heterocycles. The standard InChI is InChI=1S/C9H12ClNS2/c10-8-2-1-7(13-8)9(11)6-3-4-12-5-6/h1-2,6,9H,3-5,11H2. The van der Waals surface area contributed by atoms with Gasteiger partial charge in [0.25, 0.3) is 0 Å². The molecule has 2 atom stereocenters. The summed E-state index contributed by atoms with van der Waals surface area (Å²) in [4.78, 5) is 1.23. The van der Waals surface area contributed by atoms with Crippen LogP contribution in [-0.2, 0) is 0 Å². The summed E-state index contributed by atoms with van der Waals surface area (Å²) in [6, 6.07) is 4.19. The van der Waals surface area contributed by atoms with Gasteiger partial charge in [0.15, 0.2) is 0 Å². The number of nitrogens with two attached hydrogens (primary N) is 1. The maximum Gasteiger partial charge on any atom is 0.0931 e. The minimum absolute atomic E-state index is 0.201. The van der Waals surface area contributed by atoms with Crippen LogP contribution in [0.25, 0.3) is 0 Å². The third kappa shape index (κ3) is 2.21. The third-order valence-corrected chi connectivity index (χ3v) is 4.92. The van der Waals surface area contributed by atoms with Crippen LogP contribution >= 0.6 is 34.7 Å². The first-order valence-electron chi connectivity index (χ1n) is 4.36. The van der Waals surface area contributed by atoms with Gasteiger partial charge in [0.2, 0.25) is 0 Å². The molecular weight excluding hydrogens is 222 g/mol. The molecule has 2 N–H and O–H groups in total. The summed E-state index contributed by atoms with van der Waals surface area (Å²) in [6.07, 6.45) is 1.25. The van der Waals surface area contributed by atoms with Gasteiger partial charge in [-0.3, -0.25) is 0 Å².